The quantitative estimate of drug-likeness (QED) is 0.789. The highest BCUT2D eigenvalue weighted by Gasteiger charge is 2.32. The van der Waals surface area contributed by atoms with E-state index in [9.17, 15) is 22.8 Å². The van der Waals surface area contributed by atoms with Crippen LogP contribution in [0.4, 0.5) is 18.9 Å². The highest BCUT2D eigenvalue weighted by molar-refractivity contribution is 6.04. The predicted molar refractivity (Wildman–Crippen MR) is 82.5 cm³/mol. The van der Waals surface area contributed by atoms with Gasteiger partial charge in [-0.05, 0) is 24.3 Å². The van der Waals surface area contributed by atoms with E-state index in [-0.39, 0.29) is 11.3 Å². The van der Waals surface area contributed by atoms with E-state index in [1.165, 1.54) is 24.4 Å². The molecule has 25 heavy (non-hydrogen) atoms. The van der Waals surface area contributed by atoms with Crippen LogP contribution in [0, 0.1) is 0 Å². The van der Waals surface area contributed by atoms with Crippen LogP contribution in [-0.2, 0) is 0 Å². The van der Waals surface area contributed by atoms with Gasteiger partial charge in [-0.3, -0.25) is 14.0 Å². The molecule has 0 bridgehead atoms. The number of aromatic nitrogens is 2. The Balaban J connectivity index is 1.94. The average molecular weight is 349 g/mol. The van der Waals surface area contributed by atoms with Crippen molar-refractivity contribution in [3.8, 4) is 5.75 Å². The number of carbonyl (C=O) groups is 1. The molecule has 1 aromatic carbocycles. The van der Waals surface area contributed by atoms with Crippen LogP contribution in [0.15, 0.2) is 59.7 Å². The first-order valence-corrected chi connectivity index (χ1v) is 6.98. The fraction of sp³-hybridized carbons (Fsp3) is 0.0625. The van der Waals surface area contributed by atoms with E-state index in [1.807, 2.05) is 0 Å². The second kappa shape index (κ2) is 6.27. The Hall–Kier alpha value is -3.36. The molecule has 1 N–H and O–H groups in total. The van der Waals surface area contributed by atoms with Crippen molar-refractivity contribution in [3.63, 3.8) is 0 Å². The van der Waals surface area contributed by atoms with E-state index in [0.717, 1.165) is 16.7 Å². The van der Waals surface area contributed by atoms with Gasteiger partial charge < -0.3 is 10.1 Å². The van der Waals surface area contributed by atoms with Crippen molar-refractivity contribution in [3.05, 3.63) is 70.8 Å². The van der Waals surface area contributed by atoms with Gasteiger partial charge in [0.05, 0.1) is 5.69 Å². The molecule has 128 valence electrons. The van der Waals surface area contributed by atoms with E-state index in [2.05, 4.69) is 15.0 Å². The predicted octanol–water partition coefficient (Wildman–Crippen LogP) is 2.85. The molecule has 9 heteroatoms. The van der Waals surface area contributed by atoms with Crippen LogP contribution in [-0.4, -0.2) is 21.7 Å². The van der Waals surface area contributed by atoms with E-state index < -0.39 is 23.6 Å². The minimum absolute atomic E-state index is 0.220. The lowest BCUT2D eigenvalue weighted by atomic mass is 10.2. The Kier molecular flexibility index (Phi) is 4.14. The molecule has 0 aliphatic carbocycles. The lowest BCUT2D eigenvalue weighted by Crippen LogP contribution is -2.27. The van der Waals surface area contributed by atoms with Gasteiger partial charge in [0.2, 0.25) is 0 Å². The molecule has 0 saturated heterocycles. The van der Waals surface area contributed by atoms with Gasteiger partial charge >= 0.3 is 6.36 Å². The number of halogens is 3. The number of hydrogen-bond acceptors (Lipinski definition) is 4. The maximum Gasteiger partial charge on any atom is 0.573 e. The van der Waals surface area contributed by atoms with Crippen molar-refractivity contribution in [2.75, 3.05) is 5.32 Å². The first-order chi connectivity index (χ1) is 11.8. The Bertz CT molecular complexity index is 999. The van der Waals surface area contributed by atoms with Crippen LogP contribution in [0.3, 0.4) is 0 Å². The zero-order valence-corrected chi connectivity index (χ0v) is 12.4. The molecular weight excluding hydrogens is 339 g/mol. The van der Waals surface area contributed by atoms with Crippen LogP contribution in [0.25, 0.3) is 5.65 Å². The molecule has 0 fully saturated rings. The van der Waals surface area contributed by atoms with Gasteiger partial charge in [-0.15, -0.1) is 13.2 Å². The molecule has 6 nitrogen and oxygen atoms in total. The Morgan fingerprint density at radius 3 is 2.60 bits per heavy atom. The number of pyridine rings is 1. The SMILES string of the molecule is O=C(Nc1ccccc1OC(F)(F)F)c1cnc2ccccn2c1=O. The molecule has 3 aromatic rings. The van der Waals surface area contributed by atoms with Gasteiger partial charge in [0.25, 0.3) is 11.5 Å². The fourth-order valence-electron chi connectivity index (χ4n) is 2.16. The maximum atomic E-state index is 12.4. The van der Waals surface area contributed by atoms with Crippen LogP contribution < -0.4 is 15.6 Å². The molecule has 0 spiro atoms. The number of alkyl halides is 3. The summed E-state index contributed by atoms with van der Waals surface area (Å²) in [5, 5.41) is 2.24. The van der Waals surface area contributed by atoms with Crippen molar-refractivity contribution in [1.29, 1.82) is 0 Å². The van der Waals surface area contributed by atoms with Crippen molar-refractivity contribution in [2.45, 2.75) is 6.36 Å². The number of fused-ring (bicyclic) bond motifs is 1. The summed E-state index contributed by atoms with van der Waals surface area (Å²) in [6, 6.07) is 9.86. The Morgan fingerprint density at radius 1 is 1.12 bits per heavy atom. The molecule has 0 atom stereocenters. The molecular formula is C16H10F3N3O3. The van der Waals surface area contributed by atoms with Crippen LogP contribution in [0.1, 0.15) is 10.4 Å². The third kappa shape index (κ3) is 3.60. The number of rotatable bonds is 3. The fourth-order valence-corrected chi connectivity index (χ4v) is 2.16. The molecule has 0 aliphatic rings. The van der Waals surface area contributed by atoms with Crippen molar-refractivity contribution < 1.29 is 22.7 Å². The largest absolute Gasteiger partial charge is 0.573 e. The highest BCUT2D eigenvalue weighted by atomic mass is 19.4. The van der Waals surface area contributed by atoms with Crippen LogP contribution in [0.2, 0.25) is 0 Å². The Morgan fingerprint density at radius 2 is 1.84 bits per heavy atom. The summed E-state index contributed by atoms with van der Waals surface area (Å²) < 4.78 is 42.3. The second-order valence-corrected chi connectivity index (χ2v) is 4.90. The molecule has 1 amide bonds. The zero-order valence-electron chi connectivity index (χ0n) is 12.4. The third-order valence-electron chi connectivity index (χ3n) is 3.22. The van der Waals surface area contributed by atoms with Gasteiger partial charge in [0.15, 0.2) is 5.75 Å². The van der Waals surface area contributed by atoms with E-state index in [0.29, 0.717) is 5.65 Å². The second-order valence-electron chi connectivity index (χ2n) is 4.90. The maximum absolute atomic E-state index is 12.4. The molecule has 0 radical (unpaired) electrons. The smallest absolute Gasteiger partial charge is 0.404 e. The summed E-state index contributed by atoms with van der Waals surface area (Å²) in [6.45, 7) is 0. The van der Waals surface area contributed by atoms with Crippen molar-refractivity contribution in [1.82, 2.24) is 9.38 Å². The van der Waals surface area contributed by atoms with Gasteiger partial charge in [0.1, 0.15) is 11.2 Å². The Labute approximate surface area is 138 Å². The lowest BCUT2D eigenvalue weighted by Gasteiger charge is -2.13. The minimum Gasteiger partial charge on any atom is -0.404 e. The number of nitrogens with one attached hydrogen (secondary N) is 1. The normalized spacial score (nSPS) is 11.3. The van der Waals surface area contributed by atoms with Gasteiger partial charge in [-0.1, -0.05) is 18.2 Å². The summed E-state index contributed by atoms with van der Waals surface area (Å²) in [5.74, 6) is -1.48. The molecule has 2 heterocycles. The standard InChI is InChI=1S/C16H10F3N3O3/c17-16(18,19)25-12-6-2-1-5-11(12)21-14(23)10-9-20-13-7-3-4-8-22(13)15(10)24/h1-9H,(H,21,23). The number of benzene rings is 1. The first-order valence-electron chi connectivity index (χ1n) is 6.98. The average Bonchev–Trinajstić information content (AvgIpc) is 2.56. The number of para-hydroxylation sites is 2. The number of amides is 1. The van der Waals surface area contributed by atoms with Crippen molar-refractivity contribution >= 4 is 17.2 Å². The van der Waals surface area contributed by atoms with Gasteiger partial charge in [0, 0.05) is 12.4 Å². The summed E-state index contributed by atoms with van der Waals surface area (Å²) in [4.78, 5) is 28.6. The monoisotopic (exact) mass is 349 g/mol. The zero-order chi connectivity index (χ0) is 18.0. The summed E-state index contributed by atoms with van der Waals surface area (Å²) >= 11 is 0. The minimum atomic E-state index is -4.91. The first kappa shape index (κ1) is 16.5. The molecule has 3 rings (SSSR count). The molecule has 0 saturated carbocycles. The molecule has 0 aliphatic heterocycles. The van der Waals surface area contributed by atoms with Crippen LogP contribution >= 0.6 is 0 Å². The number of hydrogen-bond donors (Lipinski definition) is 1. The number of carbonyl (C=O) groups excluding carboxylic acids is 1. The van der Waals surface area contributed by atoms with Gasteiger partial charge in [-0.25, -0.2) is 4.98 Å². The number of anilines is 1. The summed E-state index contributed by atoms with van der Waals surface area (Å²) in [6.07, 6.45) is -2.41. The summed E-state index contributed by atoms with van der Waals surface area (Å²) in [5.41, 5.74) is -0.838. The highest BCUT2D eigenvalue weighted by Crippen LogP contribution is 2.30. The van der Waals surface area contributed by atoms with E-state index in [1.54, 1.807) is 18.2 Å². The topological polar surface area (TPSA) is 72.7 Å². The number of nitrogens with zero attached hydrogens (tertiary/aromatic N) is 2. The third-order valence-corrected chi connectivity index (χ3v) is 3.22. The van der Waals surface area contributed by atoms with Gasteiger partial charge in [-0.2, -0.15) is 0 Å². The van der Waals surface area contributed by atoms with E-state index >= 15 is 0 Å². The lowest BCUT2D eigenvalue weighted by molar-refractivity contribution is -0.274. The number of ether oxygens (including phenoxy) is 1. The van der Waals surface area contributed by atoms with Crippen LogP contribution in [0.5, 0.6) is 5.75 Å². The summed E-state index contributed by atoms with van der Waals surface area (Å²) in [7, 11) is 0. The van der Waals surface area contributed by atoms with E-state index in [4.69, 9.17) is 0 Å². The van der Waals surface area contributed by atoms with Crippen molar-refractivity contribution in [2.24, 2.45) is 0 Å². The molecule has 2 aromatic heterocycles. The molecule has 0 unspecified atom stereocenters.